The van der Waals surface area contributed by atoms with Crippen molar-refractivity contribution >= 4 is 34.8 Å². The normalized spacial score (nSPS) is 11.4. The van der Waals surface area contributed by atoms with E-state index in [1.165, 1.54) is 6.07 Å². The van der Waals surface area contributed by atoms with Crippen LogP contribution in [0.3, 0.4) is 0 Å². The van der Waals surface area contributed by atoms with Crippen molar-refractivity contribution in [3.05, 3.63) is 33.8 Å². The Morgan fingerprint density at radius 3 is 2.67 bits per heavy atom. The van der Waals surface area contributed by atoms with Gasteiger partial charge in [0.2, 0.25) is 0 Å². The first-order chi connectivity index (χ1) is 8.54. The van der Waals surface area contributed by atoms with Crippen LogP contribution in [0.1, 0.15) is 43.5 Å². The van der Waals surface area contributed by atoms with Crippen molar-refractivity contribution in [2.24, 2.45) is 5.10 Å². The van der Waals surface area contributed by atoms with E-state index in [4.69, 9.17) is 23.2 Å². The number of unbranched alkanes of at least 4 members (excludes halogenated alkanes) is 1. The highest BCUT2D eigenvalue weighted by Crippen LogP contribution is 2.22. The molecule has 1 rings (SSSR count). The monoisotopic (exact) mass is 286 g/mol. The Morgan fingerprint density at radius 1 is 1.33 bits per heavy atom. The van der Waals surface area contributed by atoms with Crippen LogP contribution in [0.4, 0.5) is 0 Å². The largest absolute Gasteiger partial charge is 0.271 e. The third kappa shape index (κ3) is 4.67. The van der Waals surface area contributed by atoms with Gasteiger partial charge in [0.25, 0.3) is 5.91 Å². The second-order valence-corrected chi connectivity index (χ2v) is 4.83. The van der Waals surface area contributed by atoms with Crippen molar-refractivity contribution in [2.45, 2.75) is 33.1 Å². The van der Waals surface area contributed by atoms with Crippen molar-refractivity contribution in [2.75, 3.05) is 0 Å². The maximum atomic E-state index is 11.8. The number of nitrogens with one attached hydrogen (secondary N) is 1. The molecule has 0 aliphatic carbocycles. The molecule has 0 fully saturated rings. The number of benzene rings is 1. The number of carbonyl (C=O) groups is 1. The van der Waals surface area contributed by atoms with E-state index in [1.54, 1.807) is 12.1 Å². The number of hydrogen-bond acceptors (Lipinski definition) is 2. The number of nitrogens with zero attached hydrogens (tertiary/aromatic N) is 1. The Balaban J connectivity index is 2.62. The second kappa shape index (κ2) is 7.39. The summed E-state index contributed by atoms with van der Waals surface area (Å²) in [5.41, 5.74) is 3.85. The van der Waals surface area contributed by atoms with Crippen LogP contribution in [-0.4, -0.2) is 11.6 Å². The molecule has 5 heteroatoms. The van der Waals surface area contributed by atoms with Gasteiger partial charge in [0.1, 0.15) is 0 Å². The topological polar surface area (TPSA) is 41.5 Å². The molecule has 0 bridgehead atoms. The summed E-state index contributed by atoms with van der Waals surface area (Å²) in [6.07, 6.45) is 3.06. The average molecular weight is 287 g/mol. The lowest BCUT2D eigenvalue weighted by Gasteiger charge is -2.03. The van der Waals surface area contributed by atoms with Crippen LogP contribution in [0.5, 0.6) is 0 Å². The standard InChI is InChI=1S/C13H16Cl2N2O/c1-3-4-5-9(2)16-17-13(18)10-6-7-11(14)12(15)8-10/h6-8H,3-5H2,1-2H3,(H,17,18). The highest BCUT2D eigenvalue weighted by atomic mass is 35.5. The summed E-state index contributed by atoms with van der Waals surface area (Å²) in [5.74, 6) is -0.288. The first-order valence-electron chi connectivity index (χ1n) is 5.83. The number of halogens is 2. The summed E-state index contributed by atoms with van der Waals surface area (Å²) in [7, 11) is 0. The fraction of sp³-hybridized carbons (Fsp3) is 0.385. The van der Waals surface area contributed by atoms with Gasteiger partial charge in [-0.05, 0) is 38.0 Å². The molecule has 1 N–H and O–H groups in total. The molecule has 1 amide bonds. The molecule has 18 heavy (non-hydrogen) atoms. The van der Waals surface area contributed by atoms with E-state index in [0.29, 0.717) is 15.6 Å². The number of carbonyl (C=O) groups excluding carboxylic acids is 1. The summed E-state index contributed by atoms with van der Waals surface area (Å²) in [5, 5.41) is 4.82. The molecule has 0 saturated heterocycles. The summed E-state index contributed by atoms with van der Waals surface area (Å²) in [6, 6.07) is 4.73. The third-order valence-corrected chi connectivity index (χ3v) is 3.16. The zero-order valence-electron chi connectivity index (χ0n) is 10.5. The summed E-state index contributed by atoms with van der Waals surface area (Å²) >= 11 is 11.6. The Hall–Kier alpha value is -1.06. The Bertz CT molecular complexity index is 458. The number of hydrogen-bond donors (Lipinski definition) is 1. The van der Waals surface area contributed by atoms with Crippen LogP contribution in [0.15, 0.2) is 23.3 Å². The predicted octanol–water partition coefficient (Wildman–Crippen LogP) is 4.29. The van der Waals surface area contributed by atoms with Gasteiger partial charge < -0.3 is 0 Å². The van der Waals surface area contributed by atoms with Gasteiger partial charge in [0.05, 0.1) is 10.0 Å². The first kappa shape index (κ1) is 15.0. The molecule has 0 spiro atoms. The van der Waals surface area contributed by atoms with Crippen LogP contribution in [0.25, 0.3) is 0 Å². The molecule has 0 aliphatic heterocycles. The number of amides is 1. The van der Waals surface area contributed by atoms with E-state index in [-0.39, 0.29) is 5.91 Å². The van der Waals surface area contributed by atoms with Crippen LogP contribution < -0.4 is 5.43 Å². The van der Waals surface area contributed by atoms with Crippen LogP contribution in [0.2, 0.25) is 10.0 Å². The van der Waals surface area contributed by atoms with Crippen molar-refractivity contribution in [3.63, 3.8) is 0 Å². The van der Waals surface area contributed by atoms with Crippen molar-refractivity contribution in [1.82, 2.24) is 5.43 Å². The van der Waals surface area contributed by atoms with Gasteiger partial charge in [-0.15, -0.1) is 0 Å². The van der Waals surface area contributed by atoms with Gasteiger partial charge in [0.15, 0.2) is 0 Å². The molecule has 0 unspecified atom stereocenters. The van der Waals surface area contributed by atoms with E-state index in [0.717, 1.165) is 25.0 Å². The minimum Gasteiger partial charge on any atom is -0.267 e. The second-order valence-electron chi connectivity index (χ2n) is 4.02. The first-order valence-corrected chi connectivity index (χ1v) is 6.58. The van der Waals surface area contributed by atoms with E-state index in [1.807, 2.05) is 6.92 Å². The fourth-order valence-electron chi connectivity index (χ4n) is 1.34. The molecule has 0 heterocycles. The minimum absolute atomic E-state index is 0.288. The molecule has 1 aromatic rings. The van der Waals surface area contributed by atoms with Crippen LogP contribution in [-0.2, 0) is 0 Å². The number of rotatable bonds is 5. The Morgan fingerprint density at radius 2 is 2.06 bits per heavy atom. The Kier molecular flexibility index (Phi) is 6.16. The molecule has 98 valence electrons. The van der Waals surface area contributed by atoms with Crippen molar-refractivity contribution < 1.29 is 4.79 Å². The molecule has 3 nitrogen and oxygen atoms in total. The minimum atomic E-state index is -0.288. The zero-order valence-corrected chi connectivity index (χ0v) is 12.0. The molecule has 0 aromatic heterocycles. The van der Waals surface area contributed by atoms with Gasteiger partial charge in [-0.25, -0.2) is 5.43 Å². The van der Waals surface area contributed by atoms with Crippen LogP contribution in [0, 0.1) is 0 Å². The van der Waals surface area contributed by atoms with Gasteiger partial charge in [-0.3, -0.25) is 4.79 Å². The van der Waals surface area contributed by atoms with E-state index >= 15 is 0 Å². The van der Waals surface area contributed by atoms with Gasteiger partial charge in [0, 0.05) is 11.3 Å². The molecule has 0 saturated carbocycles. The number of hydrazone groups is 1. The third-order valence-electron chi connectivity index (χ3n) is 2.42. The van der Waals surface area contributed by atoms with E-state index in [9.17, 15) is 4.79 Å². The van der Waals surface area contributed by atoms with Crippen molar-refractivity contribution in [3.8, 4) is 0 Å². The van der Waals surface area contributed by atoms with Gasteiger partial charge in [-0.2, -0.15) is 5.10 Å². The van der Waals surface area contributed by atoms with E-state index < -0.39 is 0 Å². The lowest BCUT2D eigenvalue weighted by molar-refractivity contribution is 0.0954. The van der Waals surface area contributed by atoms with Crippen LogP contribution >= 0.6 is 23.2 Å². The maximum Gasteiger partial charge on any atom is 0.271 e. The van der Waals surface area contributed by atoms with Gasteiger partial charge >= 0.3 is 0 Å². The zero-order chi connectivity index (χ0) is 13.5. The molecular weight excluding hydrogens is 271 g/mol. The summed E-state index contributed by atoms with van der Waals surface area (Å²) in [6.45, 7) is 4.01. The smallest absolute Gasteiger partial charge is 0.267 e. The molecule has 0 radical (unpaired) electrons. The lowest BCUT2D eigenvalue weighted by atomic mass is 10.2. The Labute approximate surface area is 117 Å². The molecule has 0 aliphatic rings. The fourth-order valence-corrected chi connectivity index (χ4v) is 1.63. The summed E-state index contributed by atoms with van der Waals surface area (Å²) in [4.78, 5) is 11.8. The molecule has 1 aromatic carbocycles. The molecule has 0 atom stereocenters. The summed E-state index contributed by atoms with van der Waals surface area (Å²) < 4.78 is 0. The van der Waals surface area contributed by atoms with Crippen molar-refractivity contribution in [1.29, 1.82) is 0 Å². The maximum absolute atomic E-state index is 11.8. The SMILES string of the molecule is CCCCC(C)=NNC(=O)c1ccc(Cl)c(Cl)c1. The lowest BCUT2D eigenvalue weighted by Crippen LogP contribution is -2.19. The average Bonchev–Trinajstić information content (AvgIpc) is 2.36. The van der Waals surface area contributed by atoms with Gasteiger partial charge in [-0.1, -0.05) is 36.5 Å². The van der Waals surface area contributed by atoms with E-state index in [2.05, 4.69) is 17.5 Å². The highest BCUT2D eigenvalue weighted by molar-refractivity contribution is 6.42. The quantitative estimate of drug-likeness (QED) is 0.637. The molecular formula is C13H16Cl2N2O. The highest BCUT2D eigenvalue weighted by Gasteiger charge is 2.07. The predicted molar refractivity (Wildman–Crippen MR) is 76.6 cm³/mol.